The van der Waals surface area contributed by atoms with Gasteiger partial charge in [0.2, 0.25) is 0 Å². The Morgan fingerprint density at radius 3 is 2.67 bits per heavy atom. The highest BCUT2D eigenvalue weighted by atomic mass is 16.5. The van der Waals surface area contributed by atoms with Gasteiger partial charge >= 0.3 is 12.0 Å². The quantitative estimate of drug-likeness (QED) is 0.724. The van der Waals surface area contributed by atoms with Crippen LogP contribution in [-0.2, 0) is 4.79 Å². The van der Waals surface area contributed by atoms with Crippen molar-refractivity contribution in [2.45, 2.75) is 20.8 Å². The fraction of sp³-hybridized carbons (Fsp3) is 0.273. The summed E-state index contributed by atoms with van der Waals surface area (Å²) in [7, 11) is 0. The van der Waals surface area contributed by atoms with Gasteiger partial charge in [0.15, 0.2) is 0 Å². The molecule has 0 aliphatic rings. The van der Waals surface area contributed by atoms with Gasteiger partial charge in [0.1, 0.15) is 0 Å². The third kappa shape index (κ3) is 1.83. The highest BCUT2D eigenvalue weighted by Gasteiger charge is 2.06. The lowest BCUT2D eigenvalue weighted by atomic mass is 10.1. The predicted molar refractivity (Wildman–Crippen MR) is 56.9 cm³/mol. The number of benzene rings is 1. The fourth-order valence-electron chi connectivity index (χ4n) is 1.43. The second-order valence-corrected chi connectivity index (χ2v) is 3.59. The van der Waals surface area contributed by atoms with Gasteiger partial charge in [-0.2, -0.15) is 4.98 Å². The molecule has 0 amide bonds. The first-order valence-electron chi connectivity index (χ1n) is 4.71. The molecule has 0 bridgehead atoms. The topological polar surface area (TPSA) is 55.0 Å². The number of fused-ring (bicyclic) bond motifs is 1. The Hall–Kier alpha value is -1.84. The van der Waals surface area contributed by atoms with E-state index in [0.717, 1.165) is 11.0 Å². The van der Waals surface area contributed by atoms with Crippen molar-refractivity contribution >= 4 is 17.0 Å². The summed E-state index contributed by atoms with van der Waals surface area (Å²) in [6, 6.07) is 4.21. The number of rotatable bonds is 1. The van der Waals surface area contributed by atoms with Crippen LogP contribution in [-0.4, -0.2) is 15.9 Å². The lowest BCUT2D eigenvalue weighted by Crippen LogP contribution is -2.02. The van der Waals surface area contributed by atoms with E-state index in [1.807, 2.05) is 26.0 Å². The molecular formula is C11H12N2O2. The largest absolute Gasteiger partial charge is 0.392 e. The average molecular weight is 204 g/mol. The Labute approximate surface area is 87.3 Å². The number of aryl methyl sites for hydroxylation is 2. The lowest BCUT2D eigenvalue weighted by Gasteiger charge is -1.97. The first-order chi connectivity index (χ1) is 7.06. The van der Waals surface area contributed by atoms with E-state index in [2.05, 4.69) is 9.97 Å². The number of carbonyl (C=O) groups excluding carboxylic acids is 1. The number of nitrogens with one attached hydrogen (secondary N) is 1. The zero-order chi connectivity index (χ0) is 11.0. The molecule has 0 aliphatic carbocycles. The van der Waals surface area contributed by atoms with Gasteiger partial charge in [-0.25, -0.2) is 0 Å². The maximum absolute atomic E-state index is 10.7. The van der Waals surface area contributed by atoms with Gasteiger partial charge in [-0.05, 0) is 37.1 Å². The maximum atomic E-state index is 10.7. The molecule has 78 valence electrons. The molecule has 0 saturated carbocycles. The van der Waals surface area contributed by atoms with E-state index in [-0.39, 0.29) is 12.0 Å². The molecule has 0 spiro atoms. The number of imidazole rings is 1. The zero-order valence-electron chi connectivity index (χ0n) is 8.92. The normalized spacial score (nSPS) is 10.6. The Morgan fingerprint density at radius 2 is 2.00 bits per heavy atom. The molecule has 2 rings (SSSR count). The minimum Gasteiger partial charge on any atom is -0.392 e. The van der Waals surface area contributed by atoms with E-state index in [0.29, 0.717) is 0 Å². The van der Waals surface area contributed by atoms with Crippen LogP contribution in [0, 0.1) is 13.8 Å². The van der Waals surface area contributed by atoms with Gasteiger partial charge in [0.25, 0.3) is 0 Å². The van der Waals surface area contributed by atoms with Gasteiger partial charge in [-0.1, -0.05) is 0 Å². The van der Waals surface area contributed by atoms with Crippen molar-refractivity contribution in [3.8, 4) is 6.01 Å². The molecule has 15 heavy (non-hydrogen) atoms. The molecule has 1 N–H and O–H groups in total. The van der Waals surface area contributed by atoms with Gasteiger partial charge < -0.3 is 9.72 Å². The van der Waals surface area contributed by atoms with Crippen LogP contribution < -0.4 is 4.74 Å². The molecule has 0 unspecified atom stereocenters. The lowest BCUT2D eigenvalue weighted by molar-refractivity contribution is -0.132. The van der Waals surface area contributed by atoms with E-state index in [1.54, 1.807) is 0 Å². The number of aromatic nitrogens is 2. The van der Waals surface area contributed by atoms with Gasteiger partial charge in [0.05, 0.1) is 11.0 Å². The molecule has 1 heterocycles. The first-order valence-corrected chi connectivity index (χ1v) is 4.71. The summed E-state index contributed by atoms with van der Waals surface area (Å²) in [6.07, 6.45) is 0. The first kappa shape index (κ1) is 9.71. The highest BCUT2D eigenvalue weighted by molar-refractivity contribution is 5.78. The monoisotopic (exact) mass is 204 g/mol. The molecule has 1 aromatic heterocycles. The average Bonchev–Trinajstić information content (AvgIpc) is 2.46. The fourth-order valence-corrected chi connectivity index (χ4v) is 1.43. The van der Waals surface area contributed by atoms with E-state index in [1.165, 1.54) is 18.1 Å². The van der Waals surface area contributed by atoms with Crippen LogP contribution in [0.2, 0.25) is 0 Å². The van der Waals surface area contributed by atoms with Crippen LogP contribution in [0.25, 0.3) is 11.0 Å². The van der Waals surface area contributed by atoms with Crippen LogP contribution in [0.5, 0.6) is 6.01 Å². The molecular weight excluding hydrogens is 192 g/mol. The molecule has 4 heteroatoms. The second-order valence-electron chi connectivity index (χ2n) is 3.59. The summed E-state index contributed by atoms with van der Waals surface area (Å²) in [5, 5.41) is 0. The van der Waals surface area contributed by atoms with Crippen molar-refractivity contribution in [3.05, 3.63) is 23.3 Å². The number of nitrogens with zero attached hydrogens (tertiary/aromatic N) is 1. The number of carbonyl (C=O) groups is 1. The molecule has 0 aliphatic heterocycles. The second kappa shape index (κ2) is 3.38. The highest BCUT2D eigenvalue weighted by Crippen LogP contribution is 2.19. The van der Waals surface area contributed by atoms with Crippen molar-refractivity contribution in [2.24, 2.45) is 0 Å². The van der Waals surface area contributed by atoms with Crippen LogP contribution in [0.1, 0.15) is 18.1 Å². The number of aromatic amines is 1. The molecule has 0 radical (unpaired) electrons. The number of esters is 1. The summed E-state index contributed by atoms with van der Waals surface area (Å²) in [4.78, 5) is 17.8. The third-order valence-corrected chi connectivity index (χ3v) is 2.32. The van der Waals surface area contributed by atoms with E-state index in [4.69, 9.17) is 4.74 Å². The smallest absolute Gasteiger partial charge is 0.310 e. The Kier molecular flexibility index (Phi) is 2.19. The minimum atomic E-state index is -0.373. The SMILES string of the molecule is CC(=O)Oc1nc2cc(C)c(C)cc2[nH]1. The van der Waals surface area contributed by atoms with Gasteiger partial charge in [-0.15, -0.1) is 0 Å². The summed E-state index contributed by atoms with van der Waals surface area (Å²) < 4.78 is 4.87. The van der Waals surface area contributed by atoms with E-state index >= 15 is 0 Å². The number of ether oxygens (including phenoxy) is 1. The van der Waals surface area contributed by atoms with Gasteiger partial charge in [-0.3, -0.25) is 4.79 Å². The van der Waals surface area contributed by atoms with Crippen molar-refractivity contribution in [1.82, 2.24) is 9.97 Å². The zero-order valence-corrected chi connectivity index (χ0v) is 8.92. The molecule has 0 saturated heterocycles. The molecule has 0 atom stereocenters. The van der Waals surface area contributed by atoms with Crippen LogP contribution in [0.15, 0.2) is 12.1 Å². The van der Waals surface area contributed by atoms with Crippen LogP contribution in [0.3, 0.4) is 0 Å². The predicted octanol–water partition coefficient (Wildman–Crippen LogP) is 2.11. The number of H-pyrrole nitrogens is 1. The van der Waals surface area contributed by atoms with Crippen molar-refractivity contribution < 1.29 is 9.53 Å². The molecule has 2 aromatic rings. The van der Waals surface area contributed by atoms with E-state index < -0.39 is 0 Å². The van der Waals surface area contributed by atoms with Crippen LogP contribution >= 0.6 is 0 Å². The minimum absolute atomic E-state index is 0.252. The summed E-state index contributed by atoms with van der Waals surface area (Å²) >= 11 is 0. The number of hydrogen-bond donors (Lipinski definition) is 1. The molecule has 4 nitrogen and oxygen atoms in total. The van der Waals surface area contributed by atoms with Crippen molar-refractivity contribution in [1.29, 1.82) is 0 Å². The summed E-state index contributed by atoms with van der Waals surface area (Å²) in [6.45, 7) is 5.40. The van der Waals surface area contributed by atoms with Crippen LogP contribution in [0.4, 0.5) is 0 Å². The van der Waals surface area contributed by atoms with E-state index in [9.17, 15) is 4.79 Å². The Morgan fingerprint density at radius 1 is 1.33 bits per heavy atom. The van der Waals surface area contributed by atoms with Gasteiger partial charge in [0, 0.05) is 6.92 Å². The molecule has 0 fully saturated rings. The van der Waals surface area contributed by atoms with Crippen molar-refractivity contribution in [3.63, 3.8) is 0 Å². The standard InChI is InChI=1S/C11H12N2O2/c1-6-4-9-10(5-7(6)2)13-11(12-9)15-8(3)14/h4-5H,1-3H3,(H,12,13). The maximum Gasteiger partial charge on any atom is 0.310 e. The number of hydrogen-bond acceptors (Lipinski definition) is 3. The third-order valence-electron chi connectivity index (χ3n) is 2.32. The molecule has 1 aromatic carbocycles. The Balaban J connectivity index is 2.51. The summed E-state index contributed by atoms with van der Waals surface area (Å²) in [5.41, 5.74) is 4.05. The van der Waals surface area contributed by atoms with Crippen molar-refractivity contribution in [2.75, 3.05) is 0 Å². The summed E-state index contributed by atoms with van der Waals surface area (Å²) in [5.74, 6) is -0.373. The Bertz CT molecular complexity index is 490.